The summed E-state index contributed by atoms with van der Waals surface area (Å²) in [5.41, 5.74) is 12.4. The molecule has 0 saturated carbocycles. The fraction of sp³-hybridized carbons (Fsp3) is 0. The van der Waals surface area contributed by atoms with Crippen LogP contribution in [0.5, 0.6) is 0 Å². The first-order valence-corrected chi connectivity index (χ1v) is 16.6. The molecule has 5 heteroatoms. The minimum absolute atomic E-state index is 0.921. The van der Waals surface area contributed by atoms with Crippen molar-refractivity contribution < 1.29 is 0 Å². The van der Waals surface area contributed by atoms with Crippen LogP contribution in [0.3, 0.4) is 0 Å². The molecule has 0 atom stereocenters. The number of benzene rings is 5. The molecule has 10 rings (SSSR count). The summed E-state index contributed by atoms with van der Waals surface area (Å²) >= 11 is 0. The number of aromatic nitrogens is 5. The molecule has 0 aliphatic rings. The number of hydrogen-bond donors (Lipinski definition) is 0. The Hall–Kier alpha value is -6.85. The molecule has 5 aromatic carbocycles. The van der Waals surface area contributed by atoms with Gasteiger partial charge in [-0.3, -0.25) is 15.0 Å². The van der Waals surface area contributed by atoms with Crippen LogP contribution in [0.4, 0.5) is 0 Å². The molecule has 0 spiro atoms. The SMILES string of the molecule is c1cc(-c2ccc3cc(-c4ccc5nc(-c6ccc(-c7ccnc8c7ccc7cccnc78)cc6)ccc5c4)ccc3n2)c2ccncc2c1. The van der Waals surface area contributed by atoms with Crippen LogP contribution in [-0.4, -0.2) is 24.9 Å². The lowest BCUT2D eigenvalue weighted by molar-refractivity contribution is 1.36. The maximum atomic E-state index is 5.04. The largest absolute Gasteiger partial charge is 0.264 e. The fourth-order valence-corrected chi connectivity index (χ4v) is 7.09. The van der Waals surface area contributed by atoms with E-state index in [4.69, 9.17) is 9.97 Å². The van der Waals surface area contributed by atoms with E-state index >= 15 is 0 Å². The van der Waals surface area contributed by atoms with Crippen molar-refractivity contribution in [1.82, 2.24) is 24.9 Å². The Kier molecular flexibility index (Phi) is 6.42. The molecule has 0 unspecified atom stereocenters. The smallest absolute Gasteiger partial charge is 0.0970 e. The van der Waals surface area contributed by atoms with Crippen molar-refractivity contribution in [2.75, 3.05) is 0 Å². The summed E-state index contributed by atoms with van der Waals surface area (Å²) in [5, 5.41) is 6.66. The van der Waals surface area contributed by atoms with Crippen molar-refractivity contribution in [2.24, 2.45) is 0 Å². The van der Waals surface area contributed by atoms with Crippen LogP contribution in [-0.2, 0) is 0 Å². The van der Waals surface area contributed by atoms with Gasteiger partial charge < -0.3 is 0 Å². The zero-order chi connectivity index (χ0) is 33.0. The maximum Gasteiger partial charge on any atom is 0.0970 e. The zero-order valence-corrected chi connectivity index (χ0v) is 26.8. The average molecular weight is 638 g/mol. The van der Waals surface area contributed by atoms with E-state index in [0.717, 1.165) is 99.2 Å². The van der Waals surface area contributed by atoms with Crippen LogP contribution in [0.2, 0.25) is 0 Å². The predicted molar refractivity (Wildman–Crippen MR) is 205 cm³/mol. The lowest BCUT2D eigenvalue weighted by atomic mass is 9.98. The Morgan fingerprint density at radius 1 is 0.360 bits per heavy atom. The average Bonchev–Trinajstić information content (AvgIpc) is 3.19. The number of fused-ring (bicyclic) bond motifs is 6. The van der Waals surface area contributed by atoms with Crippen molar-refractivity contribution in [3.63, 3.8) is 0 Å². The normalized spacial score (nSPS) is 11.6. The minimum atomic E-state index is 0.921. The number of rotatable bonds is 4. The van der Waals surface area contributed by atoms with E-state index in [1.165, 1.54) is 0 Å². The van der Waals surface area contributed by atoms with E-state index in [1.54, 1.807) is 0 Å². The quantitative estimate of drug-likeness (QED) is 0.180. The van der Waals surface area contributed by atoms with Gasteiger partial charge in [0.1, 0.15) is 0 Å². The highest BCUT2D eigenvalue weighted by atomic mass is 14.7. The van der Waals surface area contributed by atoms with E-state index < -0.39 is 0 Å². The van der Waals surface area contributed by atoms with Gasteiger partial charge >= 0.3 is 0 Å². The molecule has 232 valence electrons. The van der Waals surface area contributed by atoms with Crippen LogP contribution in [0, 0.1) is 0 Å². The molecule has 0 bridgehead atoms. The van der Waals surface area contributed by atoms with E-state index in [1.807, 2.05) is 30.9 Å². The highest BCUT2D eigenvalue weighted by Crippen LogP contribution is 2.34. The number of hydrogen-bond acceptors (Lipinski definition) is 5. The first-order valence-electron chi connectivity index (χ1n) is 16.6. The van der Waals surface area contributed by atoms with E-state index in [9.17, 15) is 0 Å². The van der Waals surface area contributed by atoms with Gasteiger partial charge in [0.05, 0.1) is 33.5 Å². The summed E-state index contributed by atoms with van der Waals surface area (Å²) in [6, 6.07) is 48.8. The molecule has 0 aliphatic heterocycles. The van der Waals surface area contributed by atoms with Crippen LogP contribution in [0.1, 0.15) is 0 Å². The standard InChI is InChI=1S/C45H27N5/c1-3-35-27-46-23-20-37(35)38(5-1)43-19-14-34-26-32(12-17-42(34)50-43)31-11-16-41-33(25-31)13-18-40(49-41)29-8-6-28(7-9-29)36-21-24-48-45-39(36)15-10-30-4-2-22-47-44(30)45/h1-27H. The fourth-order valence-electron chi connectivity index (χ4n) is 7.09. The second kappa shape index (κ2) is 11.4. The lowest BCUT2D eigenvalue weighted by Crippen LogP contribution is -1.89. The van der Waals surface area contributed by atoms with E-state index in [-0.39, 0.29) is 0 Å². The molecule has 5 heterocycles. The summed E-state index contributed by atoms with van der Waals surface area (Å²) in [7, 11) is 0. The summed E-state index contributed by atoms with van der Waals surface area (Å²) in [6.45, 7) is 0. The van der Waals surface area contributed by atoms with Gasteiger partial charge in [-0.25, -0.2) is 9.97 Å². The minimum Gasteiger partial charge on any atom is -0.264 e. The monoisotopic (exact) mass is 637 g/mol. The zero-order valence-electron chi connectivity index (χ0n) is 26.8. The molecule has 0 aliphatic carbocycles. The van der Waals surface area contributed by atoms with Crippen molar-refractivity contribution in [3.05, 3.63) is 164 Å². The van der Waals surface area contributed by atoms with Crippen molar-refractivity contribution in [3.8, 4) is 44.8 Å². The molecule has 0 fully saturated rings. The Balaban J connectivity index is 0.936. The molecule has 50 heavy (non-hydrogen) atoms. The Morgan fingerprint density at radius 2 is 1.04 bits per heavy atom. The maximum absolute atomic E-state index is 5.04. The first kappa shape index (κ1) is 28.2. The Labute approximate surface area is 287 Å². The van der Waals surface area contributed by atoms with Crippen molar-refractivity contribution in [2.45, 2.75) is 0 Å². The number of nitrogens with zero attached hydrogens (tertiary/aromatic N) is 5. The highest BCUT2D eigenvalue weighted by molar-refractivity contribution is 6.08. The Morgan fingerprint density at radius 3 is 1.86 bits per heavy atom. The van der Waals surface area contributed by atoms with Crippen LogP contribution < -0.4 is 0 Å². The summed E-state index contributed by atoms with van der Waals surface area (Å²) < 4.78 is 0. The summed E-state index contributed by atoms with van der Waals surface area (Å²) in [6.07, 6.45) is 7.43. The molecule has 5 nitrogen and oxygen atoms in total. The third-order valence-corrected chi connectivity index (χ3v) is 9.64. The van der Waals surface area contributed by atoms with Gasteiger partial charge in [0.2, 0.25) is 0 Å². The lowest BCUT2D eigenvalue weighted by Gasteiger charge is -2.10. The molecular weight excluding hydrogens is 611 g/mol. The first-order chi connectivity index (χ1) is 24.7. The van der Waals surface area contributed by atoms with Gasteiger partial charge in [-0.05, 0) is 82.2 Å². The van der Waals surface area contributed by atoms with Crippen LogP contribution >= 0.6 is 0 Å². The molecule has 10 aromatic rings. The van der Waals surface area contributed by atoms with E-state index in [0.29, 0.717) is 0 Å². The third kappa shape index (κ3) is 4.75. The van der Waals surface area contributed by atoms with Crippen LogP contribution in [0.15, 0.2) is 164 Å². The second-order valence-electron chi connectivity index (χ2n) is 12.6. The molecule has 0 amide bonds. The topological polar surface area (TPSA) is 64.5 Å². The highest BCUT2D eigenvalue weighted by Gasteiger charge is 2.11. The number of pyridine rings is 5. The van der Waals surface area contributed by atoms with Crippen molar-refractivity contribution in [1.29, 1.82) is 0 Å². The molecule has 0 saturated heterocycles. The summed E-state index contributed by atoms with van der Waals surface area (Å²) in [4.78, 5) is 23.6. The van der Waals surface area contributed by atoms with Gasteiger partial charge in [-0.15, -0.1) is 0 Å². The van der Waals surface area contributed by atoms with Gasteiger partial charge in [0.15, 0.2) is 0 Å². The van der Waals surface area contributed by atoms with Gasteiger partial charge in [-0.1, -0.05) is 84.9 Å². The predicted octanol–water partition coefficient (Wildman–Crippen LogP) is 11.1. The van der Waals surface area contributed by atoms with Crippen LogP contribution in [0.25, 0.3) is 99.2 Å². The van der Waals surface area contributed by atoms with Gasteiger partial charge in [0, 0.05) is 62.8 Å². The molecular formula is C45H27N5. The van der Waals surface area contributed by atoms with Gasteiger partial charge in [-0.2, -0.15) is 0 Å². The second-order valence-corrected chi connectivity index (χ2v) is 12.6. The third-order valence-electron chi connectivity index (χ3n) is 9.64. The molecule has 0 N–H and O–H groups in total. The van der Waals surface area contributed by atoms with Crippen molar-refractivity contribution >= 4 is 54.4 Å². The van der Waals surface area contributed by atoms with Gasteiger partial charge in [0.25, 0.3) is 0 Å². The Bertz CT molecular complexity index is 2930. The summed E-state index contributed by atoms with van der Waals surface area (Å²) in [5.74, 6) is 0. The molecule has 0 radical (unpaired) electrons. The van der Waals surface area contributed by atoms with E-state index in [2.05, 4.69) is 148 Å². The molecule has 5 aromatic heterocycles.